The molecule has 0 radical (unpaired) electrons. The summed E-state index contributed by atoms with van der Waals surface area (Å²) in [5.41, 5.74) is -0.599. The van der Waals surface area contributed by atoms with E-state index in [1.54, 1.807) is 34.6 Å². The van der Waals surface area contributed by atoms with Gasteiger partial charge in [-0.3, -0.25) is 4.79 Å². The highest BCUT2D eigenvalue weighted by Crippen LogP contribution is 2.39. The SMILES string of the molecule is CC1OC(CO)C2OC(C)(C)OC2C1OC(=O)C(C)(C)C. The van der Waals surface area contributed by atoms with Gasteiger partial charge in [-0.25, -0.2) is 0 Å². The highest BCUT2D eigenvalue weighted by Gasteiger charge is 2.55. The second-order valence-corrected chi connectivity index (χ2v) is 7.25. The van der Waals surface area contributed by atoms with Gasteiger partial charge in [-0.2, -0.15) is 0 Å². The Bertz CT molecular complexity index is 399. The van der Waals surface area contributed by atoms with Gasteiger partial charge in [0.25, 0.3) is 0 Å². The van der Waals surface area contributed by atoms with Crippen LogP contribution in [0.15, 0.2) is 0 Å². The number of hydrogen-bond donors (Lipinski definition) is 1. The summed E-state index contributed by atoms with van der Waals surface area (Å²) in [5, 5.41) is 9.46. The third-order valence-electron chi connectivity index (χ3n) is 3.74. The van der Waals surface area contributed by atoms with Crippen LogP contribution < -0.4 is 0 Å². The second kappa shape index (κ2) is 5.50. The van der Waals surface area contributed by atoms with E-state index in [0.29, 0.717) is 0 Å². The van der Waals surface area contributed by atoms with Gasteiger partial charge in [0.2, 0.25) is 0 Å². The fourth-order valence-electron chi connectivity index (χ4n) is 2.67. The Morgan fingerprint density at radius 3 is 2.33 bits per heavy atom. The minimum Gasteiger partial charge on any atom is -0.456 e. The largest absolute Gasteiger partial charge is 0.456 e. The van der Waals surface area contributed by atoms with E-state index in [4.69, 9.17) is 18.9 Å². The van der Waals surface area contributed by atoms with Gasteiger partial charge in [0.1, 0.15) is 18.3 Å². The summed E-state index contributed by atoms with van der Waals surface area (Å²) in [7, 11) is 0. The summed E-state index contributed by atoms with van der Waals surface area (Å²) >= 11 is 0. The number of carbonyl (C=O) groups is 1. The molecule has 1 N–H and O–H groups in total. The van der Waals surface area contributed by atoms with Gasteiger partial charge >= 0.3 is 5.97 Å². The number of aliphatic hydroxyl groups excluding tert-OH is 1. The summed E-state index contributed by atoms with van der Waals surface area (Å²) in [6.07, 6.45) is -2.28. The van der Waals surface area contributed by atoms with Crippen molar-refractivity contribution in [2.45, 2.75) is 77.8 Å². The molecule has 2 aliphatic heterocycles. The average Bonchev–Trinajstić information content (AvgIpc) is 2.66. The predicted molar refractivity (Wildman–Crippen MR) is 74.6 cm³/mol. The molecule has 2 rings (SSSR count). The first-order valence-corrected chi connectivity index (χ1v) is 7.38. The van der Waals surface area contributed by atoms with E-state index in [1.165, 1.54) is 0 Å². The zero-order valence-corrected chi connectivity index (χ0v) is 13.6. The quantitative estimate of drug-likeness (QED) is 0.774. The van der Waals surface area contributed by atoms with E-state index in [1.807, 2.05) is 6.92 Å². The molecular formula is C15H26O6. The minimum absolute atomic E-state index is 0.162. The van der Waals surface area contributed by atoms with E-state index in [0.717, 1.165) is 0 Å². The molecule has 2 heterocycles. The molecule has 0 saturated carbocycles. The fourth-order valence-corrected chi connectivity index (χ4v) is 2.67. The standard InChI is InChI=1S/C15H26O6/c1-8-10(19-13(17)14(2,3)4)12-11(9(7-16)18-8)20-15(5,6)21-12/h8-12,16H,7H2,1-6H3. The van der Waals surface area contributed by atoms with E-state index in [2.05, 4.69) is 0 Å². The van der Waals surface area contributed by atoms with Gasteiger partial charge in [0.15, 0.2) is 11.9 Å². The molecule has 2 fully saturated rings. The van der Waals surface area contributed by atoms with Gasteiger partial charge in [0, 0.05) is 0 Å². The number of fused-ring (bicyclic) bond motifs is 1. The van der Waals surface area contributed by atoms with Crippen LogP contribution in [0.2, 0.25) is 0 Å². The first kappa shape index (κ1) is 16.7. The number of rotatable bonds is 2. The van der Waals surface area contributed by atoms with Gasteiger partial charge in [-0.15, -0.1) is 0 Å². The van der Waals surface area contributed by atoms with Crippen LogP contribution in [0.4, 0.5) is 0 Å². The van der Waals surface area contributed by atoms with Crippen molar-refractivity contribution in [1.82, 2.24) is 0 Å². The molecule has 21 heavy (non-hydrogen) atoms. The molecule has 2 saturated heterocycles. The molecule has 0 aromatic carbocycles. The molecule has 0 spiro atoms. The molecule has 0 aromatic heterocycles. The van der Waals surface area contributed by atoms with Crippen LogP contribution in [-0.4, -0.2) is 54.0 Å². The Morgan fingerprint density at radius 1 is 1.24 bits per heavy atom. The number of esters is 1. The molecule has 2 aliphatic rings. The topological polar surface area (TPSA) is 74.2 Å². The average molecular weight is 302 g/mol. The van der Waals surface area contributed by atoms with Gasteiger partial charge in [0.05, 0.1) is 18.1 Å². The number of aliphatic hydroxyl groups is 1. The molecule has 5 atom stereocenters. The third kappa shape index (κ3) is 3.39. The van der Waals surface area contributed by atoms with Crippen molar-refractivity contribution < 1.29 is 28.8 Å². The number of ether oxygens (including phenoxy) is 4. The molecule has 6 nitrogen and oxygen atoms in total. The van der Waals surface area contributed by atoms with Crippen LogP contribution in [0.5, 0.6) is 0 Å². The van der Waals surface area contributed by atoms with Gasteiger partial charge < -0.3 is 24.1 Å². The Kier molecular flexibility index (Phi) is 4.37. The van der Waals surface area contributed by atoms with Crippen molar-refractivity contribution in [3.8, 4) is 0 Å². The zero-order chi connectivity index (χ0) is 16.0. The van der Waals surface area contributed by atoms with Crippen molar-refractivity contribution in [3.63, 3.8) is 0 Å². The Morgan fingerprint density at radius 2 is 1.81 bits per heavy atom. The van der Waals surface area contributed by atoms with Gasteiger partial charge in [-0.1, -0.05) is 0 Å². The van der Waals surface area contributed by atoms with Crippen LogP contribution >= 0.6 is 0 Å². The Hall–Kier alpha value is -0.690. The predicted octanol–water partition coefficient (Wildman–Crippen LogP) is 1.24. The van der Waals surface area contributed by atoms with Crippen molar-refractivity contribution in [1.29, 1.82) is 0 Å². The minimum atomic E-state index is -0.789. The Balaban J connectivity index is 2.19. The van der Waals surface area contributed by atoms with Crippen molar-refractivity contribution in [2.24, 2.45) is 5.41 Å². The van der Waals surface area contributed by atoms with E-state index in [-0.39, 0.29) is 18.7 Å². The summed E-state index contributed by atoms with van der Waals surface area (Å²) < 4.78 is 23.0. The number of hydrogen-bond acceptors (Lipinski definition) is 6. The summed E-state index contributed by atoms with van der Waals surface area (Å²) in [6.45, 7) is 10.6. The van der Waals surface area contributed by atoms with Crippen molar-refractivity contribution in [2.75, 3.05) is 6.61 Å². The molecule has 5 unspecified atom stereocenters. The van der Waals surface area contributed by atoms with E-state index < -0.39 is 35.6 Å². The lowest BCUT2D eigenvalue weighted by Crippen LogP contribution is -2.58. The van der Waals surface area contributed by atoms with Gasteiger partial charge in [-0.05, 0) is 41.5 Å². The molecular weight excluding hydrogens is 276 g/mol. The second-order valence-electron chi connectivity index (χ2n) is 7.25. The lowest BCUT2D eigenvalue weighted by molar-refractivity contribution is -0.213. The van der Waals surface area contributed by atoms with Crippen LogP contribution in [0.3, 0.4) is 0 Å². The lowest BCUT2D eigenvalue weighted by atomic mass is 9.94. The smallest absolute Gasteiger partial charge is 0.311 e. The monoisotopic (exact) mass is 302 g/mol. The van der Waals surface area contributed by atoms with Crippen LogP contribution in [0.1, 0.15) is 41.5 Å². The highest BCUT2D eigenvalue weighted by molar-refractivity contribution is 5.75. The molecule has 0 bridgehead atoms. The summed E-state index contributed by atoms with van der Waals surface area (Å²) in [5.74, 6) is -1.10. The lowest BCUT2D eigenvalue weighted by Gasteiger charge is -2.40. The van der Waals surface area contributed by atoms with Crippen LogP contribution in [-0.2, 0) is 23.7 Å². The maximum atomic E-state index is 12.2. The highest BCUT2D eigenvalue weighted by atomic mass is 16.8. The molecule has 0 amide bonds. The molecule has 122 valence electrons. The van der Waals surface area contributed by atoms with Crippen LogP contribution in [0.25, 0.3) is 0 Å². The third-order valence-corrected chi connectivity index (χ3v) is 3.74. The Labute approximate surface area is 125 Å². The van der Waals surface area contributed by atoms with Crippen molar-refractivity contribution in [3.05, 3.63) is 0 Å². The normalized spacial score (nSPS) is 38.9. The zero-order valence-electron chi connectivity index (χ0n) is 13.6. The first-order chi connectivity index (χ1) is 9.55. The van der Waals surface area contributed by atoms with Crippen molar-refractivity contribution >= 4 is 5.97 Å². The summed E-state index contributed by atoms with van der Waals surface area (Å²) in [4.78, 5) is 12.2. The maximum Gasteiger partial charge on any atom is 0.311 e. The van der Waals surface area contributed by atoms with E-state index >= 15 is 0 Å². The fraction of sp³-hybridized carbons (Fsp3) is 0.933. The molecule has 0 aromatic rings. The maximum absolute atomic E-state index is 12.2. The first-order valence-electron chi connectivity index (χ1n) is 7.38. The molecule has 0 aliphatic carbocycles. The van der Waals surface area contributed by atoms with Crippen LogP contribution in [0, 0.1) is 5.41 Å². The molecule has 6 heteroatoms. The number of carbonyl (C=O) groups excluding carboxylic acids is 1. The van der Waals surface area contributed by atoms with E-state index in [9.17, 15) is 9.90 Å². The summed E-state index contributed by atoms with van der Waals surface area (Å²) in [6, 6.07) is 0.